The first-order valence-corrected chi connectivity index (χ1v) is 10.5. The molecule has 2 amide bonds. The predicted octanol–water partition coefficient (Wildman–Crippen LogP) is 0.551. The minimum Gasteiger partial charge on any atom is -0.427 e. The van der Waals surface area contributed by atoms with Gasteiger partial charge in [0.05, 0.1) is 23.5 Å². The minimum atomic E-state index is -0.823. The Morgan fingerprint density at radius 2 is 1.97 bits per heavy atom. The van der Waals surface area contributed by atoms with Gasteiger partial charge in [-0.2, -0.15) is 11.8 Å². The van der Waals surface area contributed by atoms with Crippen molar-refractivity contribution in [2.24, 2.45) is 17.1 Å². The zero-order valence-electron chi connectivity index (χ0n) is 17.1. The van der Waals surface area contributed by atoms with E-state index in [4.69, 9.17) is 15.2 Å². The molecule has 0 saturated carbocycles. The van der Waals surface area contributed by atoms with E-state index in [2.05, 4.69) is 0 Å². The quantitative estimate of drug-likeness (QED) is 0.235. The van der Waals surface area contributed by atoms with E-state index in [1.807, 2.05) is 0 Å². The van der Waals surface area contributed by atoms with E-state index in [9.17, 15) is 24.3 Å². The number of fused-ring (bicyclic) bond motifs is 1. The Morgan fingerprint density at radius 3 is 2.52 bits per heavy atom. The molecule has 3 N–H and O–H groups in total. The van der Waals surface area contributed by atoms with Crippen molar-refractivity contribution >= 4 is 35.5 Å². The number of thioether (sulfide) groups is 1. The Bertz CT molecular complexity index is 727. The van der Waals surface area contributed by atoms with E-state index in [0.29, 0.717) is 23.5 Å². The summed E-state index contributed by atoms with van der Waals surface area (Å²) in [5.41, 5.74) is 5.24. The summed E-state index contributed by atoms with van der Waals surface area (Å²) in [5, 5.41) is 9.86. The van der Waals surface area contributed by atoms with Crippen molar-refractivity contribution in [3.8, 4) is 0 Å². The lowest BCUT2D eigenvalue weighted by Gasteiger charge is -2.44. The SMILES string of the molecule is CC(O)C1C(=O)N2C(C(=O)OCOC(=O)C(C)(C)C)=C(CSCCC(N)=O)CC12. The molecule has 9 nitrogen and oxygen atoms in total. The number of hydrogen-bond acceptors (Lipinski definition) is 8. The molecule has 2 aliphatic rings. The molecule has 1 saturated heterocycles. The van der Waals surface area contributed by atoms with E-state index in [1.54, 1.807) is 27.7 Å². The van der Waals surface area contributed by atoms with Gasteiger partial charge in [0.25, 0.3) is 0 Å². The molecule has 0 spiro atoms. The zero-order chi connectivity index (χ0) is 21.9. The number of carbonyl (C=O) groups is 4. The highest BCUT2D eigenvalue weighted by Crippen LogP contribution is 2.44. The van der Waals surface area contributed by atoms with E-state index in [1.165, 1.54) is 16.7 Å². The van der Waals surface area contributed by atoms with Gasteiger partial charge in [0.2, 0.25) is 18.6 Å². The third-order valence-electron chi connectivity index (χ3n) is 4.77. The van der Waals surface area contributed by atoms with Gasteiger partial charge in [-0.15, -0.1) is 0 Å². The Hall–Kier alpha value is -2.07. The Morgan fingerprint density at radius 1 is 1.31 bits per heavy atom. The third-order valence-corrected chi connectivity index (χ3v) is 5.82. The Labute approximate surface area is 173 Å². The fourth-order valence-electron chi connectivity index (χ4n) is 3.27. The maximum absolute atomic E-state index is 12.6. The molecule has 162 valence electrons. The van der Waals surface area contributed by atoms with Crippen molar-refractivity contribution in [1.29, 1.82) is 0 Å². The average Bonchev–Trinajstić information content (AvgIpc) is 2.91. The van der Waals surface area contributed by atoms with Gasteiger partial charge in [-0.25, -0.2) is 4.79 Å². The average molecular weight is 429 g/mol. The minimum absolute atomic E-state index is 0.135. The molecule has 0 aromatic carbocycles. The van der Waals surface area contributed by atoms with Gasteiger partial charge in [0, 0.05) is 17.9 Å². The number of amides is 2. The van der Waals surface area contributed by atoms with Crippen molar-refractivity contribution in [3.63, 3.8) is 0 Å². The standard InChI is InChI=1S/C19H28N2O7S/c1-10(22)14-12-7-11(8-29-6-5-13(20)23)15(21(12)16(14)24)17(25)27-9-28-18(26)19(2,3)4/h10,12,14,22H,5-9H2,1-4H3,(H2,20,23). The molecule has 2 aliphatic heterocycles. The van der Waals surface area contributed by atoms with Crippen LogP contribution in [0.5, 0.6) is 0 Å². The molecule has 2 rings (SSSR count). The molecule has 1 fully saturated rings. The smallest absolute Gasteiger partial charge is 0.357 e. The Kier molecular flexibility index (Phi) is 7.34. The topological polar surface area (TPSA) is 136 Å². The van der Waals surface area contributed by atoms with Gasteiger partial charge < -0.3 is 25.2 Å². The van der Waals surface area contributed by atoms with Crippen LogP contribution in [-0.4, -0.2) is 64.2 Å². The number of carbonyl (C=O) groups excluding carboxylic acids is 4. The number of primary amides is 1. The van der Waals surface area contributed by atoms with E-state index in [0.717, 1.165) is 0 Å². The van der Waals surface area contributed by atoms with Crippen LogP contribution in [-0.2, 0) is 28.7 Å². The summed E-state index contributed by atoms with van der Waals surface area (Å²) in [7, 11) is 0. The van der Waals surface area contributed by atoms with Gasteiger partial charge in [0.1, 0.15) is 5.70 Å². The number of nitrogens with zero attached hydrogens (tertiary/aromatic N) is 1. The highest BCUT2D eigenvalue weighted by atomic mass is 32.2. The molecule has 10 heteroatoms. The van der Waals surface area contributed by atoms with Gasteiger partial charge >= 0.3 is 11.9 Å². The Balaban J connectivity index is 2.06. The molecule has 0 aromatic rings. The normalized spacial score (nSPS) is 22.1. The van der Waals surface area contributed by atoms with Crippen LogP contribution in [0.15, 0.2) is 11.3 Å². The zero-order valence-corrected chi connectivity index (χ0v) is 17.9. The van der Waals surface area contributed by atoms with Gasteiger partial charge in [-0.1, -0.05) is 0 Å². The lowest BCUT2D eigenvalue weighted by atomic mass is 9.83. The molecular formula is C19H28N2O7S. The number of aliphatic hydroxyl groups is 1. The molecule has 29 heavy (non-hydrogen) atoms. The molecule has 0 radical (unpaired) electrons. The monoisotopic (exact) mass is 428 g/mol. The van der Waals surface area contributed by atoms with Crippen molar-refractivity contribution in [3.05, 3.63) is 11.3 Å². The lowest BCUT2D eigenvalue weighted by molar-refractivity contribution is -0.175. The van der Waals surface area contributed by atoms with E-state index >= 15 is 0 Å². The van der Waals surface area contributed by atoms with Crippen LogP contribution in [0.25, 0.3) is 0 Å². The van der Waals surface area contributed by atoms with Gasteiger partial charge in [-0.05, 0) is 39.7 Å². The number of rotatable bonds is 9. The number of hydrogen-bond donors (Lipinski definition) is 2. The fourth-order valence-corrected chi connectivity index (χ4v) is 4.26. The van der Waals surface area contributed by atoms with Crippen LogP contribution in [0.4, 0.5) is 0 Å². The summed E-state index contributed by atoms with van der Waals surface area (Å²) in [6.45, 7) is 6.03. The van der Waals surface area contributed by atoms with Crippen molar-refractivity contribution in [2.75, 3.05) is 18.3 Å². The molecule has 3 atom stereocenters. The van der Waals surface area contributed by atoms with Gasteiger partial charge in [-0.3, -0.25) is 14.4 Å². The van der Waals surface area contributed by atoms with Crippen molar-refractivity contribution in [2.45, 2.75) is 52.7 Å². The van der Waals surface area contributed by atoms with E-state index < -0.39 is 42.1 Å². The summed E-state index contributed by atoms with van der Waals surface area (Å²) >= 11 is 1.42. The van der Waals surface area contributed by atoms with E-state index in [-0.39, 0.29) is 24.1 Å². The molecule has 0 aliphatic carbocycles. The van der Waals surface area contributed by atoms with Crippen LogP contribution in [0.3, 0.4) is 0 Å². The summed E-state index contributed by atoms with van der Waals surface area (Å²) in [5.74, 6) is -1.66. The second-order valence-corrected chi connectivity index (χ2v) is 9.30. The fraction of sp³-hybridized carbons (Fsp3) is 0.684. The number of β-lactam (4-membered cyclic amide) rings is 1. The largest absolute Gasteiger partial charge is 0.427 e. The first-order valence-electron chi connectivity index (χ1n) is 9.38. The van der Waals surface area contributed by atoms with Gasteiger partial charge in [0.15, 0.2) is 0 Å². The summed E-state index contributed by atoms with van der Waals surface area (Å²) in [6, 6.07) is -0.297. The summed E-state index contributed by atoms with van der Waals surface area (Å²) in [4.78, 5) is 49.1. The highest BCUT2D eigenvalue weighted by Gasteiger charge is 2.56. The number of nitrogens with two attached hydrogens (primary N) is 1. The third kappa shape index (κ3) is 5.30. The van der Waals surface area contributed by atoms with Crippen LogP contribution in [0, 0.1) is 11.3 Å². The maximum Gasteiger partial charge on any atom is 0.357 e. The highest BCUT2D eigenvalue weighted by molar-refractivity contribution is 7.99. The van der Waals surface area contributed by atoms with Crippen molar-refractivity contribution in [1.82, 2.24) is 4.90 Å². The molecule has 0 aromatic heterocycles. The predicted molar refractivity (Wildman–Crippen MR) is 105 cm³/mol. The molecule has 3 unspecified atom stereocenters. The van der Waals surface area contributed by atoms with Crippen molar-refractivity contribution < 1.29 is 33.8 Å². The number of ether oxygens (including phenoxy) is 2. The molecule has 2 heterocycles. The van der Waals surface area contributed by atoms with Crippen LogP contribution in [0.2, 0.25) is 0 Å². The summed E-state index contributed by atoms with van der Waals surface area (Å²) < 4.78 is 10.0. The van der Waals surface area contributed by atoms with Crippen LogP contribution in [0.1, 0.15) is 40.5 Å². The second kappa shape index (κ2) is 9.17. The first kappa shape index (κ1) is 23.2. The van der Waals surface area contributed by atoms with Crippen LogP contribution < -0.4 is 5.73 Å². The second-order valence-electron chi connectivity index (χ2n) is 8.20. The molecular weight excluding hydrogens is 400 g/mol. The summed E-state index contributed by atoms with van der Waals surface area (Å²) in [6.07, 6.45) is -0.171. The van der Waals surface area contributed by atoms with Crippen LogP contribution >= 0.6 is 11.8 Å². The lowest BCUT2D eigenvalue weighted by Crippen LogP contribution is -2.61. The first-order chi connectivity index (χ1) is 13.4. The number of aliphatic hydroxyl groups excluding tert-OH is 1. The number of esters is 2. The molecule has 0 bridgehead atoms. The maximum atomic E-state index is 12.6.